The van der Waals surface area contributed by atoms with Crippen LogP contribution in [0.3, 0.4) is 0 Å². The normalized spacial score (nSPS) is 19.3. The first-order chi connectivity index (χ1) is 9.51. The number of benzene rings is 1. The van der Waals surface area contributed by atoms with Crippen molar-refractivity contribution in [1.29, 1.82) is 0 Å². The number of nitrogens with zero attached hydrogens (tertiary/aromatic N) is 1. The third-order valence-electron chi connectivity index (χ3n) is 3.38. The molecule has 0 spiro atoms. The van der Waals surface area contributed by atoms with Crippen LogP contribution in [0.2, 0.25) is 0 Å². The summed E-state index contributed by atoms with van der Waals surface area (Å²) in [5, 5.41) is 2.24. The molecule has 1 aromatic carbocycles. The van der Waals surface area contributed by atoms with Gasteiger partial charge in [0.2, 0.25) is 5.91 Å². The summed E-state index contributed by atoms with van der Waals surface area (Å²) in [6.07, 6.45) is 0.920. The summed E-state index contributed by atoms with van der Waals surface area (Å²) in [6.45, 7) is 2.10. The standard InChI is InChI=1S/C13H16F3N3O/c14-9-1-2-10(13(16)12(9)15)18-11(20)7-19-4-3-8(5-17)6-19/h1-2,8H,3-7,17H2,(H,18,20). The zero-order chi connectivity index (χ0) is 14.7. The maximum absolute atomic E-state index is 13.4. The Morgan fingerprint density at radius 3 is 2.75 bits per heavy atom. The first-order valence-corrected chi connectivity index (χ1v) is 6.37. The average Bonchev–Trinajstić information content (AvgIpc) is 2.87. The number of anilines is 1. The molecule has 1 aliphatic heterocycles. The molecule has 0 bridgehead atoms. The van der Waals surface area contributed by atoms with E-state index in [0.717, 1.165) is 25.1 Å². The molecule has 4 nitrogen and oxygen atoms in total. The fourth-order valence-corrected chi connectivity index (χ4v) is 2.26. The van der Waals surface area contributed by atoms with Gasteiger partial charge in [-0.15, -0.1) is 0 Å². The first-order valence-electron chi connectivity index (χ1n) is 6.37. The van der Waals surface area contributed by atoms with Crippen LogP contribution in [0.5, 0.6) is 0 Å². The lowest BCUT2D eigenvalue weighted by atomic mass is 10.1. The SMILES string of the molecule is NCC1CCN(CC(=O)Nc2ccc(F)c(F)c2F)C1. The van der Waals surface area contributed by atoms with Gasteiger partial charge in [0.15, 0.2) is 17.5 Å². The molecule has 1 saturated heterocycles. The van der Waals surface area contributed by atoms with Gasteiger partial charge in [0, 0.05) is 6.54 Å². The monoisotopic (exact) mass is 287 g/mol. The third-order valence-corrected chi connectivity index (χ3v) is 3.38. The molecule has 1 aliphatic rings. The van der Waals surface area contributed by atoms with E-state index < -0.39 is 23.4 Å². The Hall–Kier alpha value is -1.60. The molecular formula is C13H16F3N3O. The van der Waals surface area contributed by atoms with Crippen molar-refractivity contribution >= 4 is 11.6 Å². The molecule has 0 aliphatic carbocycles. The molecule has 0 saturated carbocycles. The lowest BCUT2D eigenvalue weighted by molar-refractivity contribution is -0.117. The molecule has 1 atom stereocenters. The number of rotatable bonds is 4. The fourth-order valence-electron chi connectivity index (χ4n) is 2.26. The summed E-state index contributed by atoms with van der Waals surface area (Å²) >= 11 is 0. The molecule has 0 aromatic heterocycles. The highest BCUT2D eigenvalue weighted by molar-refractivity contribution is 5.92. The van der Waals surface area contributed by atoms with Crippen LogP contribution in [0.15, 0.2) is 12.1 Å². The number of carbonyl (C=O) groups is 1. The van der Waals surface area contributed by atoms with E-state index >= 15 is 0 Å². The lowest BCUT2D eigenvalue weighted by Crippen LogP contribution is -2.32. The summed E-state index contributed by atoms with van der Waals surface area (Å²) in [6, 6.07) is 1.77. The lowest BCUT2D eigenvalue weighted by Gasteiger charge is -2.15. The van der Waals surface area contributed by atoms with Crippen LogP contribution < -0.4 is 11.1 Å². The number of carbonyl (C=O) groups excluding carboxylic acids is 1. The van der Waals surface area contributed by atoms with Gasteiger partial charge >= 0.3 is 0 Å². The molecule has 1 unspecified atom stereocenters. The molecule has 7 heteroatoms. The van der Waals surface area contributed by atoms with E-state index in [0.29, 0.717) is 19.0 Å². The molecule has 0 radical (unpaired) electrons. The molecule has 3 N–H and O–H groups in total. The number of nitrogens with one attached hydrogen (secondary N) is 1. The number of hydrogen-bond donors (Lipinski definition) is 2. The minimum absolute atomic E-state index is 0.0783. The highest BCUT2D eigenvalue weighted by Crippen LogP contribution is 2.20. The van der Waals surface area contributed by atoms with Crippen LogP contribution in [0.1, 0.15) is 6.42 Å². The van der Waals surface area contributed by atoms with Crippen molar-refractivity contribution in [3.05, 3.63) is 29.6 Å². The van der Waals surface area contributed by atoms with E-state index in [2.05, 4.69) is 5.32 Å². The van der Waals surface area contributed by atoms with Crippen LogP contribution >= 0.6 is 0 Å². The predicted octanol–water partition coefficient (Wildman–Crippen LogP) is 1.32. The number of halogens is 3. The molecular weight excluding hydrogens is 271 g/mol. The van der Waals surface area contributed by atoms with Gasteiger partial charge in [0.05, 0.1) is 12.2 Å². The number of amides is 1. The van der Waals surface area contributed by atoms with Gasteiger partial charge in [-0.3, -0.25) is 9.69 Å². The summed E-state index contributed by atoms with van der Waals surface area (Å²) in [4.78, 5) is 13.6. The predicted molar refractivity (Wildman–Crippen MR) is 68.5 cm³/mol. The first kappa shape index (κ1) is 14.8. The van der Waals surface area contributed by atoms with E-state index in [1.54, 1.807) is 0 Å². The molecule has 1 heterocycles. The van der Waals surface area contributed by atoms with E-state index in [-0.39, 0.29) is 12.2 Å². The highest BCUT2D eigenvalue weighted by atomic mass is 19.2. The van der Waals surface area contributed by atoms with Crippen LogP contribution in [0.4, 0.5) is 18.9 Å². The van der Waals surface area contributed by atoms with Crippen molar-refractivity contribution in [3.63, 3.8) is 0 Å². The van der Waals surface area contributed by atoms with Crippen molar-refractivity contribution < 1.29 is 18.0 Å². The minimum Gasteiger partial charge on any atom is -0.330 e. The number of likely N-dealkylation sites (tertiary alicyclic amines) is 1. The zero-order valence-corrected chi connectivity index (χ0v) is 10.8. The Labute approximate surface area is 114 Å². The Kier molecular flexibility index (Phi) is 4.61. The summed E-state index contributed by atoms with van der Waals surface area (Å²) < 4.78 is 39.2. The Bertz CT molecular complexity index is 510. The van der Waals surface area contributed by atoms with Gasteiger partial charge in [-0.05, 0) is 37.6 Å². The van der Waals surface area contributed by atoms with Crippen LogP contribution in [-0.4, -0.2) is 37.0 Å². The fraction of sp³-hybridized carbons (Fsp3) is 0.462. The van der Waals surface area contributed by atoms with Crippen molar-refractivity contribution in [3.8, 4) is 0 Å². The number of hydrogen-bond acceptors (Lipinski definition) is 3. The Balaban J connectivity index is 1.94. The summed E-state index contributed by atoms with van der Waals surface area (Å²) in [5.41, 5.74) is 5.19. The summed E-state index contributed by atoms with van der Waals surface area (Å²) in [7, 11) is 0. The molecule has 1 fully saturated rings. The van der Waals surface area contributed by atoms with Gasteiger partial charge < -0.3 is 11.1 Å². The van der Waals surface area contributed by atoms with Gasteiger partial charge in [-0.25, -0.2) is 13.2 Å². The second-order valence-corrected chi connectivity index (χ2v) is 4.90. The highest BCUT2D eigenvalue weighted by Gasteiger charge is 2.23. The quantitative estimate of drug-likeness (QED) is 0.821. The third kappa shape index (κ3) is 3.29. The van der Waals surface area contributed by atoms with Gasteiger partial charge in [0.1, 0.15) is 0 Å². The van der Waals surface area contributed by atoms with Crippen LogP contribution in [0, 0.1) is 23.4 Å². The van der Waals surface area contributed by atoms with Crippen molar-refractivity contribution in [2.24, 2.45) is 11.7 Å². The molecule has 20 heavy (non-hydrogen) atoms. The van der Waals surface area contributed by atoms with E-state index in [1.165, 1.54) is 0 Å². The Morgan fingerprint density at radius 1 is 1.35 bits per heavy atom. The van der Waals surface area contributed by atoms with E-state index in [9.17, 15) is 18.0 Å². The topological polar surface area (TPSA) is 58.4 Å². The smallest absolute Gasteiger partial charge is 0.238 e. The van der Waals surface area contributed by atoms with E-state index in [1.807, 2.05) is 4.90 Å². The zero-order valence-electron chi connectivity index (χ0n) is 10.8. The molecule has 110 valence electrons. The van der Waals surface area contributed by atoms with Crippen molar-refractivity contribution in [2.45, 2.75) is 6.42 Å². The average molecular weight is 287 g/mol. The minimum atomic E-state index is -1.59. The van der Waals surface area contributed by atoms with Crippen molar-refractivity contribution in [1.82, 2.24) is 4.90 Å². The molecule has 2 rings (SSSR count). The van der Waals surface area contributed by atoms with Gasteiger partial charge in [-0.1, -0.05) is 0 Å². The largest absolute Gasteiger partial charge is 0.330 e. The Morgan fingerprint density at radius 2 is 2.10 bits per heavy atom. The maximum Gasteiger partial charge on any atom is 0.238 e. The second-order valence-electron chi connectivity index (χ2n) is 4.90. The van der Waals surface area contributed by atoms with Crippen molar-refractivity contribution in [2.75, 3.05) is 31.5 Å². The second kappa shape index (κ2) is 6.23. The molecule has 1 amide bonds. The van der Waals surface area contributed by atoms with Crippen LogP contribution in [0.25, 0.3) is 0 Å². The van der Waals surface area contributed by atoms with Gasteiger partial charge in [0.25, 0.3) is 0 Å². The molecule has 1 aromatic rings. The maximum atomic E-state index is 13.4. The van der Waals surface area contributed by atoms with Gasteiger partial charge in [-0.2, -0.15) is 0 Å². The van der Waals surface area contributed by atoms with E-state index in [4.69, 9.17) is 5.73 Å². The number of nitrogens with two attached hydrogens (primary N) is 1. The van der Waals surface area contributed by atoms with Crippen LogP contribution in [-0.2, 0) is 4.79 Å². The summed E-state index contributed by atoms with van der Waals surface area (Å²) in [5.74, 6) is -4.37.